The van der Waals surface area contributed by atoms with Gasteiger partial charge in [-0.15, -0.1) is 0 Å². The molecule has 2 aromatic rings. The van der Waals surface area contributed by atoms with Crippen molar-refractivity contribution < 1.29 is 37.0 Å². The predicted molar refractivity (Wildman–Crippen MR) is 150 cm³/mol. The number of benzene rings is 2. The van der Waals surface area contributed by atoms with Crippen LogP contribution in [0.4, 0.5) is 24.5 Å². The largest absolute Gasteiger partial charge is 0.471 e. The summed E-state index contributed by atoms with van der Waals surface area (Å²) < 4.78 is 58.5. The molecule has 7 nitrogen and oxygen atoms in total. The van der Waals surface area contributed by atoms with E-state index in [0.717, 1.165) is 23.3 Å². The topological polar surface area (TPSA) is 68.3 Å². The van der Waals surface area contributed by atoms with Crippen LogP contribution in [0.1, 0.15) is 62.4 Å². The first-order chi connectivity index (χ1) is 19.4. The lowest BCUT2D eigenvalue weighted by Gasteiger charge is -2.37. The molecule has 0 radical (unpaired) electrons. The van der Waals surface area contributed by atoms with E-state index in [9.17, 15) is 22.8 Å². The van der Waals surface area contributed by atoms with Gasteiger partial charge in [0.05, 0.1) is 17.9 Å². The molecule has 0 aromatic heterocycles. The van der Waals surface area contributed by atoms with Gasteiger partial charge in [0.2, 0.25) is 0 Å². The Kier molecular flexibility index (Phi) is 9.96. The Morgan fingerprint density at radius 1 is 0.976 bits per heavy atom. The quantitative estimate of drug-likeness (QED) is 0.351. The van der Waals surface area contributed by atoms with Crippen LogP contribution >= 0.6 is 0 Å². The number of ether oxygens (including phenoxy) is 3. The lowest BCUT2D eigenvalue weighted by molar-refractivity contribution is -0.171. The second kappa shape index (κ2) is 13.2. The molecular formula is C31H39F3N2O5. The standard InChI is InChI=1S/C31H39F3N2O5/c1-30(2,3)41-28(37)26-10-9-25(19-27(26)36(29(38)31(32,33)34)24-13-17-39-18-14-24)35-15-11-23(12-16-35)21-40-20-22-7-5-4-6-8-22/h4-10,19,23-24H,11-18,20-21H2,1-3H3. The molecule has 2 aliphatic heterocycles. The fraction of sp³-hybridized carbons (Fsp3) is 0.548. The smallest absolute Gasteiger partial charge is 0.456 e. The van der Waals surface area contributed by atoms with E-state index in [2.05, 4.69) is 4.90 Å². The average molecular weight is 577 g/mol. The van der Waals surface area contributed by atoms with E-state index in [1.807, 2.05) is 30.3 Å². The van der Waals surface area contributed by atoms with Crippen molar-refractivity contribution >= 4 is 23.3 Å². The third-order valence-electron chi connectivity index (χ3n) is 7.32. The second-order valence-electron chi connectivity index (χ2n) is 11.7. The van der Waals surface area contributed by atoms with Crippen LogP contribution in [0.3, 0.4) is 0 Å². The van der Waals surface area contributed by atoms with Gasteiger partial charge in [-0.1, -0.05) is 30.3 Å². The highest BCUT2D eigenvalue weighted by molar-refractivity contribution is 6.05. The summed E-state index contributed by atoms with van der Waals surface area (Å²) in [6, 6.07) is 13.9. The zero-order chi connectivity index (χ0) is 29.6. The van der Waals surface area contributed by atoms with Crippen LogP contribution in [0.5, 0.6) is 0 Å². The van der Waals surface area contributed by atoms with Crippen LogP contribution < -0.4 is 9.80 Å². The van der Waals surface area contributed by atoms with Gasteiger partial charge < -0.3 is 24.0 Å². The second-order valence-corrected chi connectivity index (χ2v) is 11.7. The first-order valence-corrected chi connectivity index (χ1v) is 14.1. The number of esters is 1. The highest BCUT2D eigenvalue weighted by Gasteiger charge is 2.46. The van der Waals surface area contributed by atoms with E-state index >= 15 is 0 Å². The minimum Gasteiger partial charge on any atom is -0.456 e. The number of alkyl halides is 3. The van der Waals surface area contributed by atoms with Crippen LogP contribution in [0, 0.1) is 5.92 Å². The molecule has 0 atom stereocenters. The van der Waals surface area contributed by atoms with Crippen molar-refractivity contribution in [1.29, 1.82) is 0 Å². The zero-order valence-electron chi connectivity index (χ0n) is 23.9. The summed E-state index contributed by atoms with van der Waals surface area (Å²) in [6.45, 7) is 8.04. The number of carbonyl (C=O) groups excluding carboxylic acids is 2. The summed E-state index contributed by atoms with van der Waals surface area (Å²) in [6.07, 6.45) is -2.95. The van der Waals surface area contributed by atoms with Crippen LogP contribution in [-0.4, -0.2) is 62.6 Å². The maximum Gasteiger partial charge on any atom is 0.471 e. The molecule has 2 aromatic carbocycles. The Labute approximate surface area is 239 Å². The maximum absolute atomic E-state index is 13.9. The highest BCUT2D eigenvalue weighted by atomic mass is 19.4. The summed E-state index contributed by atoms with van der Waals surface area (Å²) in [5.74, 6) is -2.41. The first-order valence-electron chi connectivity index (χ1n) is 14.1. The normalized spacial score (nSPS) is 17.4. The van der Waals surface area contributed by atoms with Crippen molar-refractivity contribution in [1.82, 2.24) is 0 Å². The van der Waals surface area contributed by atoms with Crippen molar-refractivity contribution in [2.75, 3.05) is 42.7 Å². The molecule has 2 heterocycles. The van der Waals surface area contributed by atoms with Gasteiger partial charge in [0.1, 0.15) is 5.60 Å². The van der Waals surface area contributed by atoms with Gasteiger partial charge in [0.25, 0.3) is 0 Å². The van der Waals surface area contributed by atoms with Gasteiger partial charge in [-0.3, -0.25) is 4.79 Å². The summed E-state index contributed by atoms with van der Waals surface area (Å²) >= 11 is 0. The Balaban J connectivity index is 1.56. The Morgan fingerprint density at radius 2 is 1.63 bits per heavy atom. The van der Waals surface area contributed by atoms with Gasteiger partial charge in [-0.05, 0) is 76.1 Å². The fourth-order valence-electron chi connectivity index (χ4n) is 5.25. The predicted octanol–water partition coefficient (Wildman–Crippen LogP) is 6.15. The monoisotopic (exact) mass is 576 g/mol. The molecule has 0 spiro atoms. The number of carbonyl (C=O) groups is 2. The number of hydrogen-bond acceptors (Lipinski definition) is 6. The number of hydrogen-bond donors (Lipinski definition) is 0. The summed E-state index contributed by atoms with van der Waals surface area (Å²) in [5, 5.41) is 0. The molecular weight excluding hydrogens is 537 g/mol. The number of piperidine rings is 1. The number of anilines is 2. The molecule has 224 valence electrons. The van der Waals surface area contributed by atoms with E-state index < -0.39 is 29.7 Å². The minimum absolute atomic E-state index is 0.0723. The number of amides is 1. The van der Waals surface area contributed by atoms with Crippen molar-refractivity contribution in [2.24, 2.45) is 5.92 Å². The number of rotatable bonds is 8. The van der Waals surface area contributed by atoms with Crippen LogP contribution in [0.25, 0.3) is 0 Å². The molecule has 41 heavy (non-hydrogen) atoms. The molecule has 0 bridgehead atoms. The molecule has 2 fully saturated rings. The molecule has 10 heteroatoms. The lowest BCUT2D eigenvalue weighted by atomic mass is 9.96. The van der Waals surface area contributed by atoms with Crippen LogP contribution in [0.2, 0.25) is 0 Å². The SMILES string of the molecule is CC(C)(C)OC(=O)c1ccc(N2CCC(COCc3ccccc3)CC2)cc1N(C(=O)C(F)(F)F)C1CCOCC1. The zero-order valence-corrected chi connectivity index (χ0v) is 23.9. The Bertz CT molecular complexity index is 1170. The van der Waals surface area contributed by atoms with Crippen molar-refractivity contribution in [3.05, 3.63) is 59.7 Å². The van der Waals surface area contributed by atoms with Crippen molar-refractivity contribution in [3.63, 3.8) is 0 Å². The summed E-state index contributed by atoms with van der Waals surface area (Å²) in [4.78, 5) is 28.8. The number of halogens is 3. The summed E-state index contributed by atoms with van der Waals surface area (Å²) in [5.41, 5.74) is 0.749. The highest BCUT2D eigenvalue weighted by Crippen LogP contribution is 2.36. The van der Waals surface area contributed by atoms with E-state index in [4.69, 9.17) is 14.2 Å². The fourth-order valence-corrected chi connectivity index (χ4v) is 5.25. The minimum atomic E-state index is -5.11. The molecule has 0 N–H and O–H groups in total. The Hall–Kier alpha value is -3.11. The molecule has 0 aliphatic carbocycles. The van der Waals surface area contributed by atoms with Crippen molar-refractivity contribution in [3.8, 4) is 0 Å². The van der Waals surface area contributed by atoms with Crippen LogP contribution in [0.15, 0.2) is 48.5 Å². The first kappa shape index (κ1) is 30.8. The van der Waals surface area contributed by atoms with Crippen LogP contribution in [-0.2, 0) is 25.6 Å². The van der Waals surface area contributed by atoms with E-state index in [1.165, 1.54) is 12.1 Å². The average Bonchev–Trinajstić information content (AvgIpc) is 2.93. The number of nitrogens with zero attached hydrogens (tertiary/aromatic N) is 2. The third kappa shape index (κ3) is 8.45. The molecule has 2 aliphatic rings. The van der Waals surface area contributed by atoms with Gasteiger partial charge in [0.15, 0.2) is 0 Å². The summed E-state index contributed by atoms with van der Waals surface area (Å²) in [7, 11) is 0. The molecule has 0 unspecified atom stereocenters. The molecule has 1 amide bonds. The lowest BCUT2D eigenvalue weighted by Crippen LogP contribution is -2.50. The van der Waals surface area contributed by atoms with E-state index in [1.54, 1.807) is 26.8 Å². The molecule has 0 saturated carbocycles. The van der Waals surface area contributed by atoms with Gasteiger partial charge >= 0.3 is 18.1 Å². The van der Waals surface area contributed by atoms with E-state index in [-0.39, 0.29) is 37.3 Å². The van der Waals surface area contributed by atoms with Gasteiger partial charge in [-0.25, -0.2) is 4.79 Å². The Morgan fingerprint density at radius 3 is 2.24 bits per heavy atom. The third-order valence-corrected chi connectivity index (χ3v) is 7.32. The molecule has 4 rings (SSSR count). The van der Waals surface area contributed by atoms with Gasteiger partial charge in [-0.2, -0.15) is 13.2 Å². The molecule has 2 saturated heterocycles. The van der Waals surface area contributed by atoms with Crippen molar-refractivity contribution in [2.45, 2.75) is 70.9 Å². The maximum atomic E-state index is 13.9. The van der Waals surface area contributed by atoms with Gasteiger partial charge in [0, 0.05) is 44.6 Å². The van der Waals surface area contributed by atoms with E-state index in [0.29, 0.717) is 37.9 Å².